The first kappa shape index (κ1) is 68.6. The molecule has 1 aromatic carbocycles. The van der Waals surface area contributed by atoms with Crippen molar-refractivity contribution in [3.63, 3.8) is 0 Å². The van der Waals surface area contributed by atoms with Crippen molar-refractivity contribution in [3.8, 4) is 0 Å². The number of hydrogen-bond donors (Lipinski definition) is 13. The average molecular weight is 1250 g/mol. The molecule has 87 heavy (non-hydrogen) atoms. The Morgan fingerprint density at radius 1 is 0.586 bits per heavy atom. The van der Waals surface area contributed by atoms with Crippen LogP contribution < -0.4 is 58.9 Å². The van der Waals surface area contributed by atoms with Gasteiger partial charge in [-0.1, -0.05) is 81.3 Å². The van der Waals surface area contributed by atoms with Crippen molar-refractivity contribution in [2.75, 3.05) is 37.7 Å². The standard InChI is InChI=1S/C57H84N14O14S2/c1-28(2)44-54(82)64-37(23-43(73)74)51(79)68-45(29(3)4)55(83)66-39-27-87-86-26-38(48(76)60-25-42(72)67-44)65-49(77)35(16-10-11-19-58)62-50(78)36(22-32-24-59-34-15-9-8-14-33(32)34)63-53(81)40-17-12-20-70(40)56(84)41-18-13-21-71(41)57(85)46(30(5)6)69-47(75)31(7)61-52(39)80/h8-9,14-15,24,28-31,35-41,44-46,59H,10-13,16-23,25-27,58H2,1-7H3,(H,60,76)(H,61,80)(H,62,78)(H,63,81)(H,64,82)(H,65,77)(H,66,83)(H,67,72)(H,68,79)(H,69,75)(H,73,74)/t31-,35-,36-,37-,38-,39-,40+,41-,44-,45-,46-/m0/s1. The predicted octanol–water partition coefficient (Wildman–Crippen LogP) is -1.83. The third-order valence-electron chi connectivity index (χ3n) is 15.7. The number of para-hydroxylation sites is 1. The zero-order valence-electron chi connectivity index (χ0n) is 50.1. The highest BCUT2D eigenvalue weighted by atomic mass is 33.1. The number of H-pyrrole nitrogens is 1. The summed E-state index contributed by atoms with van der Waals surface area (Å²) in [6.45, 7) is 10.8. The quantitative estimate of drug-likeness (QED) is 0.0870. The molecule has 4 saturated heterocycles. The summed E-state index contributed by atoms with van der Waals surface area (Å²) >= 11 is 0. The number of aromatic amines is 1. The topological polar surface area (TPSA) is 411 Å². The van der Waals surface area contributed by atoms with Gasteiger partial charge in [0, 0.05) is 48.1 Å². The molecule has 2 bridgehead atoms. The Kier molecular flexibility index (Phi) is 25.2. The van der Waals surface area contributed by atoms with E-state index < -0.39 is 174 Å². The van der Waals surface area contributed by atoms with Gasteiger partial charge in [-0.25, -0.2) is 0 Å². The zero-order chi connectivity index (χ0) is 63.8. The fourth-order valence-electron chi connectivity index (χ4n) is 10.8. The van der Waals surface area contributed by atoms with E-state index in [9.17, 15) is 67.4 Å². The van der Waals surface area contributed by atoms with Gasteiger partial charge < -0.3 is 78.8 Å². The molecule has 4 aliphatic rings. The molecule has 1 aromatic heterocycles. The second-order valence-corrected chi connectivity index (χ2v) is 26.0. The van der Waals surface area contributed by atoms with Gasteiger partial charge in [0.15, 0.2) is 0 Å². The molecule has 14 N–H and O–H groups in total. The van der Waals surface area contributed by atoms with Gasteiger partial charge in [-0.05, 0) is 87.8 Å². The highest BCUT2D eigenvalue weighted by Gasteiger charge is 2.45. The minimum absolute atomic E-state index is 0.00290. The van der Waals surface area contributed by atoms with Crippen LogP contribution in [-0.2, 0) is 68.7 Å². The van der Waals surface area contributed by atoms with Crippen molar-refractivity contribution in [1.82, 2.24) is 68.0 Å². The number of carboxylic acid groups (broad SMARTS) is 1. The number of benzene rings is 1. The summed E-state index contributed by atoms with van der Waals surface area (Å²) in [5.74, 6) is -13.9. The van der Waals surface area contributed by atoms with Crippen LogP contribution in [-0.4, -0.2) is 201 Å². The lowest BCUT2D eigenvalue weighted by Crippen LogP contribution is -2.62. The second kappa shape index (κ2) is 32.0. The molecule has 11 atom stereocenters. The van der Waals surface area contributed by atoms with Crippen molar-refractivity contribution >= 4 is 109 Å². The lowest BCUT2D eigenvalue weighted by molar-refractivity contribution is -0.148. The molecule has 0 spiro atoms. The molecule has 5 heterocycles. The number of rotatable bonds is 11. The Labute approximate surface area is 512 Å². The van der Waals surface area contributed by atoms with Crippen LogP contribution in [0.4, 0.5) is 0 Å². The third-order valence-corrected chi connectivity index (χ3v) is 18.1. The Balaban J connectivity index is 1.43. The van der Waals surface area contributed by atoms with E-state index in [0.717, 1.165) is 32.5 Å². The monoisotopic (exact) mass is 1250 g/mol. The predicted molar refractivity (Wildman–Crippen MR) is 322 cm³/mol. The number of carbonyl (C=O) groups is 13. The molecule has 28 nitrogen and oxygen atoms in total. The number of amides is 12. The molecule has 478 valence electrons. The first-order valence-electron chi connectivity index (χ1n) is 29.6. The maximum Gasteiger partial charge on any atom is 0.305 e. The zero-order valence-corrected chi connectivity index (χ0v) is 51.8. The molecular formula is C57H84N14O14S2. The number of aliphatic carboxylic acids is 1. The van der Waals surface area contributed by atoms with Gasteiger partial charge in [0.2, 0.25) is 70.9 Å². The van der Waals surface area contributed by atoms with Gasteiger partial charge in [0.25, 0.3) is 0 Å². The van der Waals surface area contributed by atoms with E-state index in [4.69, 9.17) is 5.73 Å². The molecule has 4 fully saturated rings. The van der Waals surface area contributed by atoms with E-state index in [1.165, 1.54) is 16.7 Å². The van der Waals surface area contributed by atoms with Crippen LogP contribution in [0.25, 0.3) is 10.9 Å². The van der Waals surface area contributed by atoms with Crippen LogP contribution in [0.5, 0.6) is 0 Å². The fraction of sp³-hybridized carbons (Fsp3) is 0.632. The molecule has 30 heteroatoms. The highest BCUT2D eigenvalue weighted by Crippen LogP contribution is 2.28. The summed E-state index contributed by atoms with van der Waals surface area (Å²) in [6.07, 6.45) is 2.71. The lowest BCUT2D eigenvalue weighted by Gasteiger charge is -2.34. The van der Waals surface area contributed by atoms with Crippen LogP contribution in [0, 0.1) is 17.8 Å². The number of hydrogen-bond acceptors (Lipinski definition) is 16. The number of nitrogens with one attached hydrogen (secondary N) is 11. The Morgan fingerprint density at radius 3 is 1.77 bits per heavy atom. The number of unbranched alkanes of at least 4 members (excludes halogenated alkanes) is 1. The molecular weight excluding hydrogens is 1170 g/mol. The molecule has 6 rings (SSSR count). The van der Waals surface area contributed by atoms with Crippen molar-refractivity contribution in [2.24, 2.45) is 23.5 Å². The second-order valence-electron chi connectivity index (χ2n) is 23.4. The smallest absolute Gasteiger partial charge is 0.305 e. The van der Waals surface area contributed by atoms with Gasteiger partial charge >= 0.3 is 5.97 Å². The maximum atomic E-state index is 14.9. The molecule has 0 unspecified atom stereocenters. The average Bonchev–Trinajstić information content (AvgIpc) is 2.11. The van der Waals surface area contributed by atoms with Crippen LogP contribution in [0.3, 0.4) is 0 Å². The van der Waals surface area contributed by atoms with Crippen molar-refractivity contribution in [3.05, 3.63) is 36.0 Å². The van der Waals surface area contributed by atoms with E-state index >= 15 is 0 Å². The first-order valence-corrected chi connectivity index (χ1v) is 32.1. The van der Waals surface area contributed by atoms with Gasteiger partial charge in [0.1, 0.15) is 66.5 Å². The minimum atomic E-state index is -1.79. The molecule has 0 aliphatic carbocycles. The molecule has 12 amide bonds. The number of carboxylic acids is 1. The van der Waals surface area contributed by atoms with E-state index in [-0.39, 0.29) is 56.8 Å². The van der Waals surface area contributed by atoms with E-state index in [1.807, 2.05) is 24.3 Å². The molecule has 2 aromatic rings. The maximum absolute atomic E-state index is 14.9. The lowest BCUT2D eigenvalue weighted by atomic mass is 10.0. The SMILES string of the molecule is CC(C)[C@@H]1NC(=O)CNC(=O)[C@@H]2CSSC[C@H](NC(=O)[C@H](C(C)C)NC(=O)[C@H](CC(=O)O)NC1=O)C(=O)N[C@@H](C)C(=O)N[C@@H](C(C)C)C(=O)N1CCC[C@H]1C(=O)N1CCC[C@@H]1C(=O)N[C@@H](Cc1c[nH]c3ccccc13)C(=O)N[C@@H](CCCCN)C(=O)N2. The summed E-state index contributed by atoms with van der Waals surface area (Å²) < 4.78 is 0. The fourth-order valence-corrected chi connectivity index (χ4v) is 13.1. The Morgan fingerprint density at radius 2 is 1.13 bits per heavy atom. The Bertz CT molecular complexity index is 2890. The third kappa shape index (κ3) is 18.5. The summed E-state index contributed by atoms with van der Waals surface area (Å²) in [4.78, 5) is 190. The van der Waals surface area contributed by atoms with Gasteiger partial charge in [0.05, 0.1) is 13.0 Å². The normalized spacial score (nSPS) is 28.1. The first-order chi connectivity index (χ1) is 41.3. The van der Waals surface area contributed by atoms with Crippen molar-refractivity contribution in [1.29, 1.82) is 0 Å². The van der Waals surface area contributed by atoms with Crippen LogP contribution in [0.2, 0.25) is 0 Å². The number of nitrogens with zero attached hydrogens (tertiary/aromatic N) is 2. The summed E-state index contributed by atoms with van der Waals surface area (Å²) in [6, 6.07) is -7.71. The van der Waals surface area contributed by atoms with Gasteiger partial charge in [-0.15, -0.1) is 0 Å². The van der Waals surface area contributed by atoms with E-state index in [2.05, 4.69) is 58.2 Å². The highest BCUT2D eigenvalue weighted by molar-refractivity contribution is 8.76. The van der Waals surface area contributed by atoms with Crippen molar-refractivity contribution < 1.29 is 67.4 Å². The summed E-state index contributed by atoms with van der Waals surface area (Å²) in [5.41, 5.74) is 7.27. The number of carbonyl (C=O) groups excluding carboxylic acids is 12. The molecule has 4 aliphatic heterocycles. The van der Waals surface area contributed by atoms with Crippen molar-refractivity contribution in [2.45, 2.75) is 173 Å². The number of fused-ring (bicyclic) bond motifs is 8. The van der Waals surface area contributed by atoms with Gasteiger partial charge in [-0.2, -0.15) is 0 Å². The van der Waals surface area contributed by atoms with Crippen LogP contribution in [0.15, 0.2) is 30.5 Å². The van der Waals surface area contributed by atoms with Gasteiger partial charge in [-0.3, -0.25) is 62.3 Å². The summed E-state index contributed by atoms with van der Waals surface area (Å²) in [5, 5.41) is 36.8. The summed E-state index contributed by atoms with van der Waals surface area (Å²) in [7, 11) is 1.90. The molecule has 0 saturated carbocycles. The largest absolute Gasteiger partial charge is 0.481 e. The minimum Gasteiger partial charge on any atom is -0.481 e. The van der Waals surface area contributed by atoms with Crippen LogP contribution >= 0.6 is 21.6 Å². The van der Waals surface area contributed by atoms with E-state index in [0.29, 0.717) is 31.2 Å². The Hall–Kier alpha value is -7.47. The molecule has 0 radical (unpaired) electrons. The number of aromatic nitrogens is 1. The van der Waals surface area contributed by atoms with E-state index in [1.54, 1.807) is 47.7 Å². The van der Waals surface area contributed by atoms with Crippen LogP contribution in [0.1, 0.15) is 105 Å². The number of nitrogens with two attached hydrogens (primary N) is 1.